The Hall–Kier alpha value is -1.98. The molecular weight excluding hydrogens is 418 g/mol. The minimum absolute atomic E-state index is 0.201. The summed E-state index contributed by atoms with van der Waals surface area (Å²) in [6.07, 6.45) is 17.3. The van der Waals surface area contributed by atoms with Gasteiger partial charge in [-0.05, 0) is 19.3 Å². The van der Waals surface area contributed by atoms with Crippen molar-refractivity contribution in [2.24, 2.45) is 5.92 Å². The maximum absolute atomic E-state index is 12.7. The van der Waals surface area contributed by atoms with Crippen LogP contribution in [-0.2, 0) is 23.9 Å². The highest BCUT2D eigenvalue weighted by Gasteiger charge is 2.36. The summed E-state index contributed by atoms with van der Waals surface area (Å²) < 4.78 is 5.10. The summed E-state index contributed by atoms with van der Waals surface area (Å²) in [5.74, 6) is -2.60. The number of Topliss-reactive ketones (excluding diaryl/α,β-unsaturated/α-hetero) is 2. The molecule has 1 aliphatic carbocycles. The van der Waals surface area contributed by atoms with Crippen LogP contribution in [-0.4, -0.2) is 36.5 Å². The first-order valence-electron chi connectivity index (χ1n) is 13.2. The van der Waals surface area contributed by atoms with E-state index in [1.54, 1.807) is 0 Å². The first-order chi connectivity index (χ1) is 16.0. The van der Waals surface area contributed by atoms with Crippen molar-refractivity contribution in [3.05, 3.63) is 11.8 Å². The van der Waals surface area contributed by atoms with Gasteiger partial charge in [-0.15, -0.1) is 0 Å². The number of rotatable bonds is 20. The number of carbonyl (C=O) groups is 4. The van der Waals surface area contributed by atoms with Crippen molar-refractivity contribution < 1.29 is 23.9 Å². The van der Waals surface area contributed by atoms with Crippen LogP contribution in [0.15, 0.2) is 11.8 Å². The predicted molar refractivity (Wildman–Crippen MR) is 131 cm³/mol. The van der Waals surface area contributed by atoms with Gasteiger partial charge >= 0.3 is 5.97 Å². The SMILES string of the molecule is CCCCCCCCCCCCCC1C(=O)C(=O)C=C(NCCCC(=O)OCCCC)C1=O. The van der Waals surface area contributed by atoms with Gasteiger partial charge in [-0.25, -0.2) is 0 Å². The predicted octanol–water partition coefficient (Wildman–Crippen LogP) is 5.62. The van der Waals surface area contributed by atoms with E-state index in [0.717, 1.165) is 38.2 Å². The average molecular weight is 464 g/mol. The van der Waals surface area contributed by atoms with Crippen molar-refractivity contribution in [1.29, 1.82) is 0 Å². The lowest BCUT2D eigenvalue weighted by Gasteiger charge is -2.20. The topological polar surface area (TPSA) is 89.5 Å². The number of hydrogen-bond acceptors (Lipinski definition) is 6. The second-order valence-corrected chi connectivity index (χ2v) is 9.13. The summed E-state index contributed by atoms with van der Waals surface area (Å²) in [4.78, 5) is 48.6. The first kappa shape index (κ1) is 29.1. The fraction of sp³-hybridized carbons (Fsp3) is 0.778. The molecule has 1 unspecified atom stereocenters. The summed E-state index contributed by atoms with van der Waals surface area (Å²) >= 11 is 0. The van der Waals surface area contributed by atoms with Crippen LogP contribution in [0, 0.1) is 5.92 Å². The molecule has 6 heteroatoms. The van der Waals surface area contributed by atoms with E-state index in [0.29, 0.717) is 26.0 Å². The van der Waals surface area contributed by atoms with Crippen LogP contribution in [0.4, 0.5) is 0 Å². The van der Waals surface area contributed by atoms with Gasteiger partial charge in [0.05, 0.1) is 18.2 Å². The Kier molecular flexibility index (Phi) is 16.2. The number of nitrogens with one attached hydrogen (secondary N) is 1. The second-order valence-electron chi connectivity index (χ2n) is 9.13. The fourth-order valence-electron chi connectivity index (χ4n) is 4.02. The van der Waals surface area contributed by atoms with E-state index in [2.05, 4.69) is 12.2 Å². The zero-order valence-corrected chi connectivity index (χ0v) is 20.9. The molecule has 1 rings (SSSR count). The lowest BCUT2D eigenvalue weighted by atomic mass is 9.84. The molecule has 6 nitrogen and oxygen atoms in total. The van der Waals surface area contributed by atoms with Gasteiger partial charge in [0.2, 0.25) is 11.6 Å². The van der Waals surface area contributed by atoms with Gasteiger partial charge in [0, 0.05) is 19.0 Å². The molecule has 1 aliphatic rings. The lowest BCUT2D eigenvalue weighted by molar-refractivity contribution is -0.143. The number of unbranched alkanes of at least 4 members (excludes halogenated alkanes) is 11. The molecular formula is C27H45NO5. The summed E-state index contributed by atoms with van der Waals surface area (Å²) in [7, 11) is 0. The fourth-order valence-corrected chi connectivity index (χ4v) is 4.02. The minimum atomic E-state index is -0.859. The second kappa shape index (κ2) is 18.4. The van der Waals surface area contributed by atoms with E-state index in [1.807, 2.05) is 6.92 Å². The molecule has 0 bridgehead atoms. The average Bonchev–Trinajstić information content (AvgIpc) is 2.80. The van der Waals surface area contributed by atoms with Crippen LogP contribution in [0.2, 0.25) is 0 Å². The van der Waals surface area contributed by atoms with E-state index in [9.17, 15) is 19.2 Å². The number of carbonyl (C=O) groups excluding carboxylic acids is 4. The zero-order valence-electron chi connectivity index (χ0n) is 20.9. The zero-order chi connectivity index (χ0) is 24.3. The Balaban J connectivity index is 2.23. The standard InChI is InChI=1S/C27H45NO5/c1-3-5-7-8-9-10-11-12-13-14-15-17-22-26(31)23(21-24(29)27(22)32)28-19-16-18-25(30)33-20-6-4-2/h21-22,28H,3-20H2,1-2H3. The smallest absolute Gasteiger partial charge is 0.305 e. The van der Waals surface area contributed by atoms with E-state index in [4.69, 9.17) is 4.74 Å². The van der Waals surface area contributed by atoms with Crippen LogP contribution in [0.5, 0.6) is 0 Å². The number of esters is 1. The van der Waals surface area contributed by atoms with Crippen LogP contribution in [0.25, 0.3) is 0 Å². The number of ketones is 3. The summed E-state index contributed by atoms with van der Waals surface area (Å²) in [6, 6.07) is 0. The van der Waals surface area contributed by atoms with Gasteiger partial charge < -0.3 is 10.1 Å². The molecule has 0 aromatic carbocycles. The maximum atomic E-state index is 12.7. The van der Waals surface area contributed by atoms with E-state index >= 15 is 0 Å². The molecule has 0 saturated carbocycles. The Morgan fingerprint density at radius 1 is 0.788 bits per heavy atom. The molecule has 0 fully saturated rings. The van der Waals surface area contributed by atoms with Crippen molar-refractivity contribution in [3.8, 4) is 0 Å². The minimum Gasteiger partial charge on any atom is -0.466 e. The molecule has 0 spiro atoms. The van der Waals surface area contributed by atoms with Gasteiger partial charge in [-0.3, -0.25) is 19.2 Å². The molecule has 0 aromatic heterocycles. The van der Waals surface area contributed by atoms with E-state index < -0.39 is 17.5 Å². The third kappa shape index (κ3) is 12.7. The van der Waals surface area contributed by atoms with E-state index in [-0.39, 0.29) is 23.9 Å². The molecule has 1 N–H and O–H groups in total. The molecule has 0 saturated heterocycles. The highest BCUT2D eigenvalue weighted by molar-refractivity contribution is 6.49. The molecule has 188 valence electrons. The largest absolute Gasteiger partial charge is 0.466 e. The third-order valence-corrected chi connectivity index (χ3v) is 6.15. The summed E-state index contributed by atoms with van der Waals surface area (Å²) in [6.45, 7) is 5.08. The first-order valence-corrected chi connectivity index (χ1v) is 13.2. The quantitative estimate of drug-likeness (QED) is 0.109. The number of allylic oxidation sites excluding steroid dienone is 2. The molecule has 0 aromatic rings. The van der Waals surface area contributed by atoms with Crippen molar-refractivity contribution in [1.82, 2.24) is 5.32 Å². The molecule has 0 aliphatic heterocycles. The molecule has 33 heavy (non-hydrogen) atoms. The Bertz CT molecular complexity index is 640. The van der Waals surface area contributed by atoms with Crippen LogP contribution in [0.3, 0.4) is 0 Å². The Morgan fingerprint density at radius 3 is 1.97 bits per heavy atom. The van der Waals surface area contributed by atoms with E-state index in [1.165, 1.54) is 51.4 Å². The van der Waals surface area contributed by atoms with Crippen LogP contribution >= 0.6 is 0 Å². The number of ether oxygens (including phenoxy) is 1. The monoisotopic (exact) mass is 463 g/mol. The van der Waals surface area contributed by atoms with Gasteiger partial charge in [0.15, 0.2) is 5.78 Å². The maximum Gasteiger partial charge on any atom is 0.305 e. The molecule has 0 amide bonds. The van der Waals surface area contributed by atoms with Gasteiger partial charge in [-0.2, -0.15) is 0 Å². The van der Waals surface area contributed by atoms with Crippen molar-refractivity contribution in [2.45, 2.75) is 117 Å². The van der Waals surface area contributed by atoms with Crippen molar-refractivity contribution in [2.75, 3.05) is 13.2 Å². The van der Waals surface area contributed by atoms with Crippen LogP contribution in [0.1, 0.15) is 117 Å². The summed E-state index contributed by atoms with van der Waals surface area (Å²) in [5.41, 5.74) is 0.201. The Morgan fingerprint density at radius 2 is 1.36 bits per heavy atom. The Labute approximate surface area is 200 Å². The van der Waals surface area contributed by atoms with Crippen molar-refractivity contribution in [3.63, 3.8) is 0 Å². The van der Waals surface area contributed by atoms with Gasteiger partial charge in [0.1, 0.15) is 0 Å². The number of hydrogen-bond donors (Lipinski definition) is 1. The molecule has 0 heterocycles. The van der Waals surface area contributed by atoms with Crippen molar-refractivity contribution >= 4 is 23.3 Å². The van der Waals surface area contributed by atoms with Crippen LogP contribution < -0.4 is 5.32 Å². The van der Waals surface area contributed by atoms with Gasteiger partial charge in [0.25, 0.3) is 0 Å². The normalized spacial score (nSPS) is 16.1. The third-order valence-electron chi connectivity index (χ3n) is 6.15. The van der Waals surface area contributed by atoms with Gasteiger partial charge in [-0.1, -0.05) is 90.9 Å². The highest BCUT2D eigenvalue weighted by atomic mass is 16.5. The summed E-state index contributed by atoms with van der Waals surface area (Å²) in [5, 5.41) is 2.95. The highest BCUT2D eigenvalue weighted by Crippen LogP contribution is 2.21. The molecule has 1 atom stereocenters. The lowest BCUT2D eigenvalue weighted by Crippen LogP contribution is -2.39. The molecule has 0 radical (unpaired) electrons.